The number of hydrogen-bond donors (Lipinski definition) is 1. The molecule has 4 unspecified atom stereocenters. The average molecular weight is 401 g/mol. The van der Waals surface area contributed by atoms with Crippen LogP contribution in [0.5, 0.6) is 0 Å². The molecule has 4 atom stereocenters. The van der Waals surface area contributed by atoms with Crippen molar-refractivity contribution in [2.24, 2.45) is 11.8 Å². The molecule has 1 saturated carbocycles. The lowest BCUT2D eigenvalue weighted by Crippen LogP contribution is -2.61. The van der Waals surface area contributed by atoms with E-state index in [1.807, 2.05) is 0 Å². The van der Waals surface area contributed by atoms with Gasteiger partial charge < -0.3 is 4.55 Å². The molecule has 24 heavy (non-hydrogen) atoms. The third-order valence-corrected chi connectivity index (χ3v) is 6.85. The van der Waals surface area contributed by atoms with E-state index in [4.69, 9.17) is 4.55 Å². The smallest absolute Gasteiger partial charge is 0.301 e. The van der Waals surface area contributed by atoms with E-state index in [-0.39, 0.29) is 24.9 Å². The van der Waals surface area contributed by atoms with E-state index in [0.717, 1.165) is 19.3 Å². The number of piperidine rings is 1. The minimum absolute atomic E-state index is 0.0895. The van der Waals surface area contributed by atoms with Crippen molar-refractivity contribution in [2.75, 3.05) is 13.1 Å². The highest BCUT2D eigenvalue weighted by Crippen LogP contribution is 2.50. The van der Waals surface area contributed by atoms with Gasteiger partial charge in [0.05, 0.1) is 0 Å². The number of alkyl halides is 6. The molecule has 1 heterocycles. The summed E-state index contributed by atoms with van der Waals surface area (Å²) in [5.41, 5.74) is 0. The Hall–Kier alpha value is -0.200. The molecule has 1 N–H and O–H groups in total. The second kappa shape index (κ2) is 6.84. The summed E-state index contributed by atoms with van der Waals surface area (Å²) in [6.07, 6.45) is 3.75. The minimum Gasteiger partial charge on any atom is -0.301 e. The number of rotatable bonds is 5. The number of halogens is 6. The Balaban J connectivity index is 2.19. The molecule has 1 aliphatic heterocycles. The van der Waals surface area contributed by atoms with Gasteiger partial charge in [0.25, 0.3) is 0 Å². The molecule has 0 aromatic rings. The Bertz CT molecular complexity index is 533. The molecule has 1 aliphatic carbocycles. The van der Waals surface area contributed by atoms with Crippen molar-refractivity contribution in [1.29, 1.82) is 0 Å². The summed E-state index contributed by atoms with van der Waals surface area (Å²) in [6, 6.07) is 0. The van der Waals surface area contributed by atoms with Crippen LogP contribution in [0.1, 0.15) is 32.1 Å². The van der Waals surface area contributed by atoms with Crippen molar-refractivity contribution < 1.29 is 39.3 Å². The van der Waals surface area contributed by atoms with Crippen LogP contribution in [0.4, 0.5) is 26.3 Å². The molecule has 142 valence electrons. The Morgan fingerprint density at radius 1 is 0.875 bits per heavy atom. The van der Waals surface area contributed by atoms with Gasteiger partial charge in [-0.05, 0) is 24.7 Å². The molecule has 1 saturated heterocycles. The van der Waals surface area contributed by atoms with Crippen LogP contribution < -0.4 is 0 Å². The van der Waals surface area contributed by atoms with Crippen molar-refractivity contribution in [1.82, 2.24) is 4.31 Å². The lowest BCUT2D eigenvalue weighted by atomic mass is 9.76. The summed E-state index contributed by atoms with van der Waals surface area (Å²) < 4.78 is 112. The molecular weight excluding hydrogens is 384 g/mol. The first-order valence-electron chi connectivity index (χ1n) is 7.34. The zero-order valence-electron chi connectivity index (χ0n) is 12.4. The second-order valence-electron chi connectivity index (χ2n) is 6.09. The van der Waals surface area contributed by atoms with Crippen molar-refractivity contribution in [3.63, 3.8) is 0 Å². The summed E-state index contributed by atoms with van der Waals surface area (Å²) in [7, 11) is -3.74. The van der Waals surface area contributed by atoms with E-state index in [1.165, 1.54) is 0 Å². The first-order chi connectivity index (χ1) is 10.9. The standard InChI is InChI=1S/C12H17F6NO3S2/c13-10(14,12(17,18)24(21)22)11(15,16)23(20)19-6-5-8-3-1-2-4-9(8)7-19/h8-9H,1-7H2,(H,21,22). The van der Waals surface area contributed by atoms with E-state index >= 15 is 0 Å². The van der Waals surface area contributed by atoms with Crippen LogP contribution in [0.2, 0.25) is 0 Å². The summed E-state index contributed by atoms with van der Waals surface area (Å²) in [5.74, 6) is -6.09. The Morgan fingerprint density at radius 2 is 1.42 bits per heavy atom. The molecule has 0 radical (unpaired) electrons. The van der Waals surface area contributed by atoms with E-state index < -0.39 is 38.5 Å². The third kappa shape index (κ3) is 3.26. The Labute approximate surface area is 139 Å². The van der Waals surface area contributed by atoms with Crippen LogP contribution >= 0.6 is 0 Å². The first-order valence-corrected chi connectivity index (χ1v) is 9.55. The van der Waals surface area contributed by atoms with Gasteiger partial charge in [-0.2, -0.15) is 26.3 Å². The van der Waals surface area contributed by atoms with Crippen LogP contribution in [-0.4, -0.2) is 46.8 Å². The van der Waals surface area contributed by atoms with E-state index in [9.17, 15) is 34.8 Å². The number of hydrogen-bond acceptors (Lipinski definition) is 2. The first kappa shape index (κ1) is 20.1. The molecule has 12 heteroatoms. The van der Waals surface area contributed by atoms with Crippen molar-refractivity contribution >= 4 is 22.1 Å². The summed E-state index contributed by atoms with van der Waals surface area (Å²) in [6.45, 7) is -0.316. The number of nitrogens with zero attached hydrogens (tertiary/aromatic N) is 1. The van der Waals surface area contributed by atoms with Crippen LogP contribution in [-0.2, 0) is 22.1 Å². The predicted octanol–water partition coefficient (Wildman–Crippen LogP) is 3.20. The lowest BCUT2D eigenvalue weighted by molar-refractivity contribution is -0.243. The zero-order chi connectivity index (χ0) is 18.3. The van der Waals surface area contributed by atoms with Crippen molar-refractivity contribution in [3.8, 4) is 0 Å². The summed E-state index contributed by atoms with van der Waals surface area (Å²) >= 11 is -4.54. The van der Waals surface area contributed by atoms with Gasteiger partial charge in [0, 0.05) is 13.1 Å². The third-order valence-electron chi connectivity index (χ3n) is 4.66. The predicted molar refractivity (Wildman–Crippen MR) is 75.4 cm³/mol. The maximum absolute atomic E-state index is 13.8. The summed E-state index contributed by atoms with van der Waals surface area (Å²) in [4.78, 5) is 0. The van der Waals surface area contributed by atoms with Crippen LogP contribution in [0.3, 0.4) is 0 Å². The molecule has 0 spiro atoms. The molecule has 0 bridgehead atoms. The van der Waals surface area contributed by atoms with Gasteiger partial charge in [0.2, 0.25) is 11.1 Å². The van der Waals surface area contributed by atoms with Crippen LogP contribution in [0.25, 0.3) is 0 Å². The normalized spacial score (nSPS) is 29.8. The quantitative estimate of drug-likeness (QED) is 0.569. The fraction of sp³-hybridized carbons (Fsp3) is 1.00. The zero-order valence-corrected chi connectivity index (χ0v) is 14.0. The topological polar surface area (TPSA) is 57.6 Å². The largest absolute Gasteiger partial charge is 0.414 e. The van der Waals surface area contributed by atoms with E-state index in [0.29, 0.717) is 17.1 Å². The fourth-order valence-corrected chi connectivity index (χ4v) is 4.95. The number of fused-ring (bicyclic) bond motifs is 1. The van der Waals surface area contributed by atoms with Gasteiger partial charge in [0.1, 0.15) is 0 Å². The molecular formula is C12H17F6NO3S2. The van der Waals surface area contributed by atoms with Crippen LogP contribution in [0, 0.1) is 11.8 Å². The van der Waals surface area contributed by atoms with Gasteiger partial charge in [-0.3, -0.25) is 0 Å². The van der Waals surface area contributed by atoms with Gasteiger partial charge in [-0.25, -0.2) is 12.7 Å². The minimum atomic E-state index is -6.23. The van der Waals surface area contributed by atoms with Gasteiger partial charge in [-0.15, -0.1) is 0 Å². The molecule has 0 aromatic carbocycles. The fourth-order valence-electron chi connectivity index (χ4n) is 3.27. The molecule has 0 amide bonds. The second-order valence-corrected chi connectivity index (χ2v) is 8.63. The highest BCUT2D eigenvalue weighted by molar-refractivity contribution is 7.84. The van der Waals surface area contributed by atoms with Gasteiger partial charge >= 0.3 is 16.4 Å². The van der Waals surface area contributed by atoms with Gasteiger partial charge in [-0.1, -0.05) is 19.3 Å². The maximum atomic E-state index is 13.8. The molecule has 2 fully saturated rings. The molecule has 0 aromatic heterocycles. The Morgan fingerprint density at radius 3 is 1.96 bits per heavy atom. The highest BCUT2D eigenvalue weighted by atomic mass is 32.2. The molecule has 4 nitrogen and oxygen atoms in total. The Kier molecular flexibility index (Phi) is 5.73. The molecule has 2 aliphatic rings. The van der Waals surface area contributed by atoms with Crippen LogP contribution in [0.15, 0.2) is 0 Å². The lowest BCUT2D eigenvalue weighted by Gasteiger charge is -2.42. The van der Waals surface area contributed by atoms with Gasteiger partial charge in [0.15, 0.2) is 11.0 Å². The monoisotopic (exact) mass is 401 g/mol. The van der Waals surface area contributed by atoms with E-state index in [2.05, 4.69) is 0 Å². The molecule has 2 rings (SSSR count). The van der Waals surface area contributed by atoms with Crippen molar-refractivity contribution in [3.05, 3.63) is 0 Å². The average Bonchev–Trinajstić information content (AvgIpc) is 2.53. The maximum Gasteiger partial charge on any atom is 0.414 e. The highest BCUT2D eigenvalue weighted by Gasteiger charge is 2.78. The SMILES string of the molecule is O=S(O)C(F)(F)C(F)(F)C(F)(F)S(=O)N1CCC2CCCCC2C1. The van der Waals surface area contributed by atoms with Crippen molar-refractivity contribution in [2.45, 2.75) is 48.5 Å². The van der Waals surface area contributed by atoms with E-state index in [1.54, 1.807) is 0 Å². The summed E-state index contributed by atoms with van der Waals surface area (Å²) in [5, 5.41) is -11.6.